The molecular formula is C16H18FNO. The van der Waals surface area contributed by atoms with Crippen LogP contribution >= 0.6 is 0 Å². The molecule has 2 aromatic rings. The van der Waals surface area contributed by atoms with E-state index in [2.05, 4.69) is 19.1 Å². The Morgan fingerprint density at radius 2 is 1.74 bits per heavy atom. The molecular weight excluding hydrogens is 241 g/mol. The molecule has 0 aromatic heterocycles. The van der Waals surface area contributed by atoms with Gasteiger partial charge in [0.1, 0.15) is 6.61 Å². The molecule has 0 spiro atoms. The van der Waals surface area contributed by atoms with Gasteiger partial charge in [-0.05, 0) is 36.1 Å². The quantitative estimate of drug-likeness (QED) is 0.846. The van der Waals surface area contributed by atoms with E-state index in [1.165, 1.54) is 11.6 Å². The summed E-state index contributed by atoms with van der Waals surface area (Å²) in [5.74, 6) is -0.181. The Bertz CT molecular complexity index is 564. The molecule has 0 unspecified atom stereocenters. The highest BCUT2D eigenvalue weighted by atomic mass is 19.1. The third-order valence-corrected chi connectivity index (χ3v) is 3.15. The fourth-order valence-electron chi connectivity index (χ4n) is 1.81. The first-order valence-electron chi connectivity index (χ1n) is 6.36. The topological polar surface area (TPSA) is 35.2 Å². The number of hydrogen-bond acceptors (Lipinski definition) is 2. The van der Waals surface area contributed by atoms with Gasteiger partial charge in [0.05, 0.1) is 0 Å². The van der Waals surface area contributed by atoms with Crippen LogP contribution < -0.4 is 10.5 Å². The molecule has 100 valence electrons. The molecule has 0 aliphatic rings. The summed E-state index contributed by atoms with van der Waals surface area (Å²) in [7, 11) is 0. The summed E-state index contributed by atoms with van der Waals surface area (Å²) < 4.78 is 19.1. The maximum absolute atomic E-state index is 13.6. The summed E-state index contributed by atoms with van der Waals surface area (Å²) in [5, 5.41) is 0. The molecule has 0 saturated heterocycles. The van der Waals surface area contributed by atoms with Gasteiger partial charge in [-0.2, -0.15) is 0 Å². The van der Waals surface area contributed by atoms with Crippen LogP contribution in [0, 0.1) is 12.7 Å². The predicted molar refractivity (Wildman–Crippen MR) is 75.7 cm³/mol. The van der Waals surface area contributed by atoms with Gasteiger partial charge in [0.2, 0.25) is 0 Å². The first kappa shape index (κ1) is 13.4. The summed E-state index contributed by atoms with van der Waals surface area (Å²) in [4.78, 5) is 0. The van der Waals surface area contributed by atoms with Gasteiger partial charge in [0, 0.05) is 11.8 Å². The maximum Gasteiger partial charge on any atom is 0.167 e. The van der Waals surface area contributed by atoms with Crippen LogP contribution in [0.25, 0.3) is 0 Å². The maximum atomic E-state index is 13.6. The minimum atomic E-state index is -0.423. The molecule has 3 heteroatoms. The number of aryl methyl sites for hydroxylation is 2. The highest BCUT2D eigenvalue weighted by Crippen LogP contribution is 2.24. The zero-order valence-corrected chi connectivity index (χ0v) is 11.2. The van der Waals surface area contributed by atoms with E-state index < -0.39 is 5.82 Å². The molecule has 0 radical (unpaired) electrons. The zero-order chi connectivity index (χ0) is 13.8. The van der Waals surface area contributed by atoms with Gasteiger partial charge >= 0.3 is 0 Å². The van der Waals surface area contributed by atoms with Crippen molar-refractivity contribution in [3.63, 3.8) is 0 Å². The van der Waals surface area contributed by atoms with E-state index in [-0.39, 0.29) is 5.75 Å². The number of nitrogen functional groups attached to an aromatic ring is 1. The molecule has 2 N–H and O–H groups in total. The van der Waals surface area contributed by atoms with Crippen LogP contribution in [-0.2, 0) is 13.0 Å². The van der Waals surface area contributed by atoms with Crippen LogP contribution in [0.2, 0.25) is 0 Å². The Morgan fingerprint density at radius 3 is 2.37 bits per heavy atom. The van der Waals surface area contributed by atoms with E-state index in [0.29, 0.717) is 12.3 Å². The summed E-state index contributed by atoms with van der Waals surface area (Å²) in [5.41, 5.74) is 9.19. The van der Waals surface area contributed by atoms with Crippen molar-refractivity contribution < 1.29 is 9.13 Å². The van der Waals surface area contributed by atoms with Gasteiger partial charge in [-0.3, -0.25) is 0 Å². The molecule has 0 fully saturated rings. The first-order chi connectivity index (χ1) is 9.10. The molecule has 2 nitrogen and oxygen atoms in total. The van der Waals surface area contributed by atoms with Crippen molar-refractivity contribution in [2.24, 2.45) is 0 Å². The van der Waals surface area contributed by atoms with Crippen molar-refractivity contribution in [1.82, 2.24) is 0 Å². The van der Waals surface area contributed by atoms with Crippen molar-refractivity contribution in [1.29, 1.82) is 0 Å². The highest BCUT2D eigenvalue weighted by molar-refractivity contribution is 5.50. The Balaban J connectivity index is 2.07. The predicted octanol–water partition coefficient (Wildman–Crippen LogP) is 3.86. The molecule has 0 saturated carbocycles. The molecule has 0 amide bonds. The number of hydrogen-bond donors (Lipinski definition) is 1. The van der Waals surface area contributed by atoms with Crippen molar-refractivity contribution in [3.05, 3.63) is 58.9 Å². The van der Waals surface area contributed by atoms with Gasteiger partial charge < -0.3 is 10.5 Å². The minimum Gasteiger partial charge on any atom is -0.486 e. The van der Waals surface area contributed by atoms with Crippen LogP contribution in [0.15, 0.2) is 36.4 Å². The van der Waals surface area contributed by atoms with Crippen molar-refractivity contribution in [3.8, 4) is 5.75 Å². The van der Waals surface area contributed by atoms with Gasteiger partial charge in [0.25, 0.3) is 0 Å². The SMILES string of the molecule is CCc1ccc(COc2cc(C)c(N)cc2F)cc1. The van der Waals surface area contributed by atoms with Crippen molar-refractivity contribution in [2.75, 3.05) is 5.73 Å². The second-order valence-electron chi connectivity index (χ2n) is 4.60. The van der Waals surface area contributed by atoms with E-state index in [1.54, 1.807) is 6.07 Å². The number of ether oxygens (including phenoxy) is 1. The largest absolute Gasteiger partial charge is 0.486 e. The average Bonchev–Trinajstić information content (AvgIpc) is 2.42. The lowest BCUT2D eigenvalue weighted by molar-refractivity contribution is 0.290. The van der Waals surface area contributed by atoms with Gasteiger partial charge in [0.15, 0.2) is 11.6 Å². The summed E-state index contributed by atoms with van der Waals surface area (Å²) in [6.07, 6.45) is 1.01. The Hall–Kier alpha value is -2.03. The molecule has 19 heavy (non-hydrogen) atoms. The lowest BCUT2D eigenvalue weighted by Gasteiger charge is -2.10. The lowest BCUT2D eigenvalue weighted by Crippen LogP contribution is -2.00. The third-order valence-electron chi connectivity index (χ3n) is 3.15. The van der Waals surface area contributed by atoms with Crippen LogP contribution in [-0.4, -0.2) is 0 Å². The normalized spacial score (nSPS) is 10.5. The molecule has 0 heterocycles. The summed E-state index contributed by atoms with van der Waals surface area (Å²) in [6, 6.07) is 11.0. The van der Waals surface area contributed by atoms with E-state index in [1.807, 2.05) is 19.1 Å². The second kappa shape index (κ2) is 5.74. The van der Waals surface area contributed by atoms with E-state index >= 15 is 0 Å². The first-order valence-corrected chi connectivity index (χ1v) is 6.36. The third kappa shape index (κ3) is 3.25. The summed E-state index contributed by atoms with van der Waals surface area (Å²) in [6.45, 7) is 4.29. The van der Waals surface area contributed by atoms with Crippen molar-refractivity contribution >= 4 is 5.69 Å². The van der Waals surface area contributed by atoms with Gasteiger partial charge in [-0.15, -0.1) is 0 Å². The number of rotatable bonds is 4. The molecule has 0 aliphatic carbocycles. The monoisotopic (exact) mass is 259 g/mol. The number of nitrogens with two attached hydrogens (primary N) is 1. The van der Waals surface area contributed by atoms with Crippen LogP contribution in [0.5, 0.6) is 5.75 Å². The number of anilines is 1. The molecule has 0 atom stereocenters. The highest BCUT2D eigenvalue weighted by Gasteiger charge is 2.07. The average molecular weight is 259 g/mol. The Kier molecular flexibility index (Phi) is 4.05. The molecule has 2 aromatic carbocycles. The van der Waals surface area contributed by atoms with Gasteiger partial charge in [-0.1, -0.05) is 31.2 Å². The molecule has 2 rings (SSSR count). The summed E-state index contributed by atoms with van der Waals surface area (Å²) >= 11 is 0. The van der Waals surface area contributed by atoms with E-state index in [0.717, 1.165) is 17.5 Å². The molecule has 0 aliphatic heterocycles. The fraction of sp³-hybridized carbons (Fsp3) is 0.250. The van der Waals surface area contributed by atoms with Crippen LogP contribution in [0.3, 0.4) is 0 Å². The molecule has 0 bridgehead atoms. The zero-order valence-electron chi connectivity index (χ0n) is 11.2. The fourth-order valence-corrected chi connectivity index (χ4v) is 1.81. The Labute approximate surface area is 113 Å². The smallest absolute Gasteiger partial charge is 0.167 e. The lowest BCUT2D eigenvalue weighted by atomic mass is 10.1. The Morgan fingerprint density at radius 1 is 1.11 bits per heavy atom. The number of benzene rings is 2. The van der Waals surface area contributed by atoms with Crippen LogP contribution in [0.4, 0.5) is 10.1 Å². The number of halogens is 1. The van der Waals surface area contributed by atoms with Crippen molar-refractivity contribution in [2.45, 2.75) is 26.9 Å². The second-order valence-corrected chi connectivity index (χ2v) is 4.60. The standard InChI is InChI=1S/C16H18FNO/c1-3-12-4-6-13(7-5-12)10-19-16-8-11(2)15(18)9-14(16)17/h4-9H,3,10,18H2,1-2H3. The van der Waals surface area contributed by atoms with E-state index in [4.69, 9.17) is 10.5 Å². The van der Waals surface area contributed by atoms with Gasteiger partial charge in [-0.25, -0.2) is 4.39 Å². The van der Waals surface area contributed by atoms with Crippen LogP contribution in [0.1, 0.15) is 23.6 Å². The minimum absolute atomic E-state index is 0.242. The van der Waals surface area contributed by atoms with E-state index in [9.17, 15) is 4.39 Å².